The largest absolute Gasteiger partial charge is 0.270 e. The molecule has 1 aromatic carbocycles. The number of hydrogen-bond donors (Lipinski definition) is 0. The van der Waals surface area contributed by atoms with Crippen LogP contribution in [0.25, 0.3) is 0 Å². The summed E-state index contributed by atoms with van der Waals surface area (Å²) in [6.45, 7) is 3.86. The lowest BCUT2D eigenvalue weighted by Crippen LogP contribution is -1.95. The molecule has 2 aromatic rings. The molecule has 0 aliphatic rings. The third-order valence-electron chi connectivity index (χ3n) is 2.31. The van der Waals surface area contributed by atoms with Gasteiger partial charge in [-0.3, -0.25) is 9.98 Å². The molecule has 0 radical (unpaired) electrons. The van der Waals surface area contributed by atoms with Crippen molar-refractivity contribution >= 4 is 12.1 Å². The minimum absolute atomic E-state index is 0.776. The molecular weight excluding hydrogens is 234 g/mol. The minimum atomic E-state index is 0.776. The van der Waals surface area contributed by atoms with E-state index >= 15 is 0 Å². The Bertz CT molecular complexity index is 516. The summed E-state index contributed by atoms with van der Waals surface area (Å²) in [5, 5.41) is 0. The molecule has 0 bridgehead atoms. The number of hydrogen-bond acceptors (Lipinski definition) is 2. The van der Waals surface area contributed by atoms with Crippen LogP contribution in [0.5, 0.6) is 0 Å². The number of pyridine rings is 1. The molecule has 3 heteroatoms. The molecule has 0 N–H and O–H groups in total. The maximum Gasteiger partial charge on any atom is 0.153 e. The van der Waals surface area contributed by atoms with Gasteiger partial charge in [0, 0.05) is 30.7 Å². The fraction of sp³-hybridized carbons (Fsp3) is 0.188. The van der Waals surface area contributed by atoms with Gasteiger partial charge in [-0.1, -0.05) is 36.4 Å². The van der Waals surface area contributed by atoms with Crippen molar-refractivity contribution in [2.75, 3.05) is 7.05 Å². The molecule has 0 fully saturated rings. The highest BCUT2D eigenvalue weighted by Crippen LogP contribution is 2.01. The first-order valence-electron chi connectivity index (χ1n) is 6.16. The zero-order valence-corrected chi connectivity index (χ0v) is 11.6. The van der Waals surface area contributed by atoms with Gasteiger partial charge in [0.25, 0.3) is 0 Å². The van der Waals surface area contributed by atoms with E-state index in [4.69, 9.17) is 0 Å². The highest BCUT2D eigenvalue weighted by Gasteiger charge is 1.95. The van der Waals surface area contributed by atoms with Crippen LogP contribution in [0.15, 0.2) is 64.7 Å². The smallest absolute Gasteiger partial charge is 0.153 e. The highest BCUT2D eigenvalue weighted by atomic mass is 14.9. The van der Waals surface area contributed by atoms with E-state index in [9.17, 15) is 0 Å². The summed E-state index contributed by atoms with van der Waals surface area (Å²) in [4.78, 5) is 12.2. The van der Waals surface area contributed by atoms with Crippen molar-refractivity contribution in [1.29, 1.82) is 0 Å². The molecule has 98 valence electrons. The third-order valence-corrected chi connectivity index (χ3v) is 2.31. The lowest BCUT2D eigenvalue weighted by atomic mass is 10.2. The van der Waals surface area contributed by atoms with E-state index in [2.05, 4.69) is 15.0 Å². The minimum Gasteiger partial charge on any atom is -0.270 e. The predicted molar refractivity (Wildman–Crippen MR) is 82.0 cm³/mol. The maximum atomic E-state index is 4.14. The molecule has 1 aromatic heterocycles. The van der Waals surface area contributed by atoms with E-state index in [1.807, 2.05) is 62.4 Å². The van der Waals surface area contributed by atoms with Crippen molar-refractivity contribution in [2.24, 2.45) is 9.98 Å². The van der Waals surface area contributed by atoms with Crippen LogP contribution >= 0.6 is 0 Å². The first-order valence-corrected chi connectivity index (χ1v) is 6.16. The molecule has 0 aliphatic heterocycles. The second kappa shape index (κ2) is 8.75. The Morgan fingerprint density at radius 2 is 1.74 bits per heavy atom. The van der Waals surface area contributed by atoms with Gasteiger partial charge < -0.3 is 0 Å². The zero-order chi connectivity index (χ0) is 13.9. The van der Waals surface area contributed by atoms with Crippen LogP contribution in [0, 0.1) is 6.92 Å². The van der Waals surface area contributed by atoms with Gasteiger partial charge in [0.2, 0.25) is 0 Å². The Labute approximate surface area is 114 Å². The van der Waals surface area contributed by atoms with Gasteiger partial charge in [-0.25, -0.2) is 4.99 Å². The van der Waals surface area contributed by atoms with Crippen LogP contribution in [0.4, 0.5) is 0 Å². The molecular formula is C16H19N3. The van der Waals surface area contributed by atoms with Crippen LogP contribution in [-0.2, 0) is 0 Å². The molecule has 2 rings (SSSR count). The van der Waals surface area contributed by atoms with Crippen LogP contribution in [0.1, 0.15) is 18.2 Å². The van der Waals surface area contributed by atoms with Gasteiger partial charge in [0.1, 0.15) is 0 Å². The standard InChI is InChI=1S/C10H12N2.C6H7N/c1-3-12-10(11-2)9-7-5-4-6-8-9;1-6-4-2-3-5-7-6/h3-8H,1-2H3;2-5H,1H3. The number of aliphatic imine (C=N–C) groups is 2. The van der Waals surface area contributed by atoms with Gasteiger partial charge in [-0.15, -0.1) is 0 Å². The summed E-state index contributed by atoms with van der Waals surface area (Å²) in [6.07, 6.45) is 3.53. The van der Waals surface area contributed by atoms with E-state index in [0.717, 1.165) is 17.1 Å². The Kier molecular flexibility index (Phi) is 6.80. The number of rotatable bonds is 1. The van der Waals surface area contributed by atoms with Gasteiger partial charge in [-0.05, 0) is 26.0 Å². The van der Waals surface area contributed by atoms with Crippen LogP contribution in [0.2, 0.25) is 0 Å². The summed E-state index contributed by atoms with van der Waals surface area (Å²) in [5.41, 5.74) is 2.13. The van der Waals surface area contributed by atoms with E-state index in [-0.39, 0.29) is 0 Å². The molecule has 1 heterocycles. The molecule has 0 unspecified atom stereocenters. The van der Waals surface area contributed by atoms with Crippen molar-refractivity contribution in [1.82, 2.24) is 4.98 Å². The summed E-state index contributed by atoms with van der Waals surface area (Å²) in [5.74, 6) is 0.776. The summed E-state index contributed by atoms with van der Waals surface area (Å²) in [7, 11) is 1.75. The number of nitrogens with zero attached hydrogens (tertiary/aromatic N) is 3. The third kappa shape index (κ3) is 5.73. The normalized spacial score (nSPS) is 11.0. The first kappa shape index (κ1) is 14.8. The molecule has 0 saturated heterocycles. The second-order valence-corrected chi connectivity index (χ2v) is 3.77. The topological polar surface area (TPSA) is 37.6 Å². The predicted octanol–water partition coefficient (Wildman–Crippen LogP) is 3.54. The van der Waals surface area contributed by atoms with Crippen LogP contribution in [-0.4, -0.2) is 24.1 Å². The molecule has 0 aliphatic carbocycles. The molecule has 0 saturated carbocycles. The van der Waals surface area contributed by atoms with Gasteiger partial charge in [0.05, 0.1) is 0 Å². The van der Waals surface area contributed by atoms with Crippen molar-refractivity contribution in [3.05, 3.63) is 66.0 Å². The number of amidine groups is 1. The fourth-order valence-electron chi connectivity index (χ4n) is 1.42. The number of benzene rings is 1. The Morgan fingerprint density at radius 3 is 2.16 bits per heavy atom. The maximum absolute atomic E-state index is 4.14. The molecule has 0 atom stereocenters. The van der Waals surface area contributed by atoms with Gasteiger partial charge >= 0.3 is 0 Å². The van der Waals surface area contributed by atoms with Crippen molar-refractivity contribution in [2.45, 2.75) is 13.8 Å². The van der Waals surface area contributed by atoms with Crippen LogP contribution < -0.4 is 0 Å². The molecule has 0 amide bonds. The Hall–Kier alpha value is -2.29. The molecule has 0 spiro atoms. The average molecular weight is 253 g/mol. The first-order chi connectivity index (χ1) is 9.27. The van der Waals surface area contributed by atoms with Gasteiger partial charge in [-0.2, -0.15) is 0 Å². The summed E-state index contributed by atoms with van der Waals surface area (Å²) in [6, 6.07) is 15.8. The van der Waals surface area contributed by atoms with Crippen molar-refractivity contribution in [3.8, 4) is 0 Å². The number of aryl methyl sites for hydroxylation is 1. The van der Waals surface area contributed by atoms with Gasteiger partial charge in [0.15, 0.2) is 5.84 Å². The van der Waals surface area contributed by atoms with Crippen LogP contribution in [0.3, 0.4) is 0 Å². The Morgan fingerprint density at radius 1 is 1.05 bits per heavy atom. The van der Waals surface area contributed by atoms with Crippen molar-refractivity contribution < 1.29 is 0 Å². The van der Waals surface area contributed by atoms with Crippen molar-refractivity contribution in [3.63, 3.8) is 0 Å². The van der Waals surface area contributed by atoms with E-state index in [1.165, 1.54) is 0 Å². The average Bonchev–Trinajstić information content (AvgIpc) is 2.47. The second-order valence-electron chi connectivity index (χ2n) is 3.77. The summed E-state index contributed by atoms with van der Waals surface area (Å²) < 4.78 is 0. The molecule has 19 heavy (non-hydrogen) atoms. The van der Waals surface area contributed by atoms with E-state index in [0.29, 0.717) is 0 Å². The SMILES string of the molecule is CC=NC(=NC)c1ccccc1.Cc1ccccn1. The lowest BCUT2D eigenvalue weighted by Gasteiger charge is -1.97. The monoisotopic (exact) mass is 253 g/mol. The zero-order valence-electron chi connectivity index (χ0n) is 11.6. The van der Waals surface area contributed by atoms with E-state index < -0.39 is 0 Å². The molecule has 3 nitrogen and oxygen atoms in total. The number of aromatic nitrogens is 1. The Balaban J connectivity index is 0.000000218. The summed E-state index contributed by atoms with van der Waals surface area (Å²) >= 11 is 0. The highest BCUT2D eigenvalue weighted by molar-refractivity contribution is 6.02. The van der Waals surface area contributed by atoms with E-state index in [1.54, 1.807) is 19.5 Å². The fourth-order valence-corrected chi connectivity index (χ4v) is 1.42. The quantitative estimate of drug-likeness (QED) is 0.565. The lowest BCUT2D eigenvalue weighted by molar-refractivity contribution is 1.20.